The van der Waals surface area contributed by atoms with Crippen molar-refractivity contribution >= 4 is 0 Å². The number of nitrogens with two attached hydrogens (primary N) is 1. The average Bonchev–Trinajstić information content (AvgIpc) is 2.35. The molecule has 1 aromatic carbocycles. The van der Waals surface area contributed by atoms with Gasteiger partial charge in [0.25, 0.3) is 0 Å². The molecule has 1 rings (SSSR count). The zero-order valence-corrected chi connectivity index (χ0v) is 10.6. The predicted molar refractivity (Wildman–Crippen MR) is 67.7 cm³/mol. The van der Waals surface area contributed by atoms with E-state index in [1.54, 1.807) is 14.2 Å². The molecule has 0 aliphatic carbocycles. The second kappa shape index (κ2) is 7.92. The van der Waals surface area contributed by atoms with Crippen molar-refractivity contribution in [3.05, 3.63) is 23.8 Å². The molecule has 0 amide bonds. The fraction of sp³-hybridized carbons (Fsp3) is 0.538. The van der Waals surface area contributed by atoms with Gasteiger partial charge in [-0.15, -0.1) is 0 Å². The number of ether oxygens (including phenoxy) is 3. The molecule has 0 bridgehead atoms. The van der Waals surface area contributed by atoms with E-state index in [9.17, 15) is 0 Å². The predicted octanol–water partition coefficient (Wildman–Crippen LogP) is 1.61. The lowest BCUT2D eigenvalue weighted by atomic mass is 10.1. The van der Waals surface area contributed by atoms with Crippen molar-refractivity contribution in [2.24, 2.45) is 5.73 Å². The first-order valence-electron chi connectivity index (χ1n) is 5.80. The molecule has 0 aliphatic heterocycles. The van der Waals surface area contributed by atoms with Gasteiger partial charge in [0.05, 0.1) is 13.7 Å². The SMILES string of the molecule is COCCCOc1cc(CCN)ccc1OC. The van der Waals surface area contributed by atoms with Crippen LogP contribution in [0.5, 0.6) is 11.5 Å². The Kier molecular flexibility index (Phi) is 6.43. The van der Waals surface area contributed by atoms with Gasteiger partial charge in [-0.1, -0.05) is 6.07 Å². The van der Waals surface area contributed by atoms with E-state index in [1.165, 1.54) is 0 Å². The molecule has 96 valence electrons. The quantitative estimate of drug-likeness (QED) is 0.700. The summed E-state index contributed by atoms with van der Waals surface area (Å²) in [7, 11) is 3.32. The van der Waals surface area contributed by atoms with Gasteiger partial charge in [-0.3, -0.25) is 0 Å². The van der Waals surface area contributed by atoms with Crippen molar-refractivity contribution in [2.75, 3.05) is 34.0 Å². The third-order valence-electron chi connectivity index (χ3n) is 2.41. The first-order valence-corrected chi connectivity index (χ1v) is 5.80. The Bertz CT molecular complexity index is 328. The van der Waals surface area contributed by atoms with Crippen LogP contribution in [0.2, 0.25) is 0 Å². The molecule has 0 unspecified atom stereocenters. The lowest BCUT2D eigenvalue weighted by Gasteiger charge is -2.12. The monoisotopic (exact) mass is 239 g/mol. The summed E-state index contributed by atoms with van der Waals surface area (Å²) < 4.78 is 15.9. The minimum absolute atomic E-state index is 0.621. The summed E-state index contributed by atoms with van der Waals surface area (Å²) in [5, 5.41) is 0. The maximum absolute atomic E-state index is 5.67. The summed E-state index contributed by atoms with van der Waals surface area (Å²) in [5.74, 6) is 1.53. The van der Waals surface area contributed by atoms with E-state index in [0.29, 0.717) is 19.8 Å². The Balaban J connectivity index is 2.62. The molecule has 0 fully saturated rings. The topological polar surface area (TPSA) is 53.7 Å². The summed E-state index contributed by atoms with van der Waals surface area (Å²) in [5.41, 5.74) is 6.69. The summed E-state index contributed by atoms with van der Waals surface area (Å²) >= 11 is 0. The molecule has 0 atom stereocenters. The van der Waals surface area contributed by atoms with Crippen LogP contribution in [-0.2, 0) is 11.2 Å². The highest BCUT2D eigenvalue weighted by Gasteiger charge is 2.05. The molecule has 0 saturated heterocycles. The van der Waals surface area contributed by atoms with E-state index in [2.05, 4.69) is 0 Å². The van der Waals surface area contributed by atoms with E-state index in [1.807, 2.05) is 18.2 Å². The van der Waals surface area contributed by atoms with Crippen LogP contribution in [0.1, 0.15) is 12.0 Å². The highest BCUT2D eigenvalue weighted by molar-refractivity contribution is 5.43. The molecule has 0 spiro atoms. The Morgan fingerprint density at radius 3 is 2.59 bits per heavy atom. The lowest BCUT2D eigenvalue weighted by Crippen LogP contribution is -2.05. The number of methoxy groups -OCH3 is 2. The highest BCUT2D eigenvalue weighted by Crippen LogP contribution is 2.28. The molecule has 0 aliphatic rings. The van der Waals surface area contributed by atoms with Crippen molar-refractivity contribution in [1.29, 1.82) is 0 Å². The van der Waals surface area contributed by atoms with E-state index < -0.39 is 0 Å². The van der Waals surface area contributed by atoms with Gasteiger partial charge in [-0.05, 0) is 30.7 Å². The summed E-state index contributed by atoms with van der Waals surface area (Å²) in [6.45, 7) is 1.95. The Morgan fingerprint density at radius 2 is 1.94 bits per heavy atom. The molecule has 4 heteroatoms. The minimum Gasteiger partial charge on any atom is -0.493 e. The molecule has 2 N–H and O–H groups in total. The molecule has 0 radical (unpaired) electrons. The maximum atomic E-state index is 5.67. The molecular weight excluding hydrogens is 218 g/mol. The standard InChI is InChI=1S/C13H21NO3/c1-15-8-3-9-17-13-10-11(6-7-14)4-5-12(13)16-2/h4-5,10H,3,6-9,14H2,1-2H3. The molecular formula is C13H21NO3. The van der Waals surface area contributed by atoms with Gasteiger partial charge in [0, 0.05) is 20.1 Å². The van der Waals surface area contributed by atoms with Gasteiger partial charge in [-0.25, -0.2) is 0 Å². The molecule has 0 aromatic heterocycles. The van der Waals surface area contributed by atoms with Crippen LogP contribution in [0, 0.1) is 0 Å². The third-order valence-corrected chi connectivity index (χ3v) is 2.41. The summed E-state index contributed by atoms with van der Waals surface area (Å²) in [6.07, 6.45) is 1.71. The highest BCUT2D eigenvalue weighted by atomic mass is 16.5. The van der Waals surface area contributed by atoms with Crippen molar-refractivity contribution in [2.45, 2.75) is 12.8 Å². The van der Waals surface area contributed by atoms with Crippen LogP contribution in [-0.4, -0.2) is 34.0 Å². The van der Waals surface area contributed by atoms with E-state index in [0.717, 1.165) is 29.9 Å². The van der Waals surface area contributed by atoms with Gasteiger partial charge >= 0.3 is 0 Å². The van der Waals surface area contributed by atoms with E-state index in [4.69, 9.17) is 19.9 Å². The van der Waals surface area contributed by atoms with Crippen molar-refractivity contribution in [3.8, 4) is 11.5 Å². The number of benzene rings is 1. The van der Waals surface area contributed by atoms with Gasteiger partial charge < -0.3 is 19.9 Å². The molecule has 4 nitrogen and oxygen atoms in total. The van der Waals surface area contributed by atoms with Crippen LogP contribution in [0.3, 0.4) is 0 Å². The summed E-state index contributed by atoms with van der Waals surface area (Å²) in [6, 6.07) is 5.91. The van der Waals surface area contributed by atoms with E-state index in [-0.39, 0.29) is 0 Å². The molecule has 0 heterocycles. The van der Waals surface area contributed by atoms with Gasteiger partial charge in [0.2, 0.25) is 0 Å². The fourth-order valence-electron chi connectivity index (χ4n) is 1.54. The largest absolute Gasteiger partial charge is 0.493 e. The zero-order valence-electron chi connectivity index (χ0n) is 10.6. The number of hydrogen-bond acceptors (Lipinski definition) is 4. The van der Waals surface area contributed by atoms with Gasteiger partial charge in [-0.2, -0.15) is 0 Å². The second-order valence-electron chi connectivity index (χ2n) is 3.72. The first kappa shape index (κ1) is 13.8. The van der Waals surface area contributed by atoms with Crippen LogP contribution in [0.25, 0.3) is 0 Å². The second-order valence-corrected chi connectivity index (χ2v) is 3.72. The smallest absolute Gasteiger partial charge is 0.161 e. The first-order chi connectivity index (χ1) is 8.31. The Labute approximate surface area is 103 Å². The van der Waals surface area contributed by atoms with Crippen LogP contribution >= 0.6 is 0 Å². The molecule has 17 heavy (non-hydrogen) atoms. The van der Waals surface area contributed by atoms with Crippen molar-refractivity contribution in [1.82, 2.24) is 0 Å². The molecule has 1 aromatic rings. The van der Waals surface area contributed by atoms with Gasteiger partial charge in [0.1, 0.15) is 0 Å². The van der Waals surface area contributed by atoms with E-state index >= 15 is 0 Å². The fourth-order valence-corrected chi connectivity index (χ4v) is 1.54. The summed E-state index contributed by atoms with van der Waals surface area (Å²) in [4.78, 5) is 0. The van der Waals surface area contributed by atoms with Crippen molar-refractivity contribution < 1.29 is 14.2 Å². The Hall–Kier alpha value is -1.26. The minimum atomic E-state index is 0.621. The third kappa shape index (κ3) is 4.63. The maximum Gasteiger partial charge on any atom is 0.161 e. The van der Waals surface area contributed by atoms with Crippen molar-refractivity contribution in [3.63, 3.8) is 0 Å². The normalized spacial score (nSPS) is 10.3. The van der Waals surface area contributed by atoms with Crippen LogP contribution in [0.4, 0.5) is 0 Å². The zero-order chi connectivity index (χ0) is 12.5. The van der Waals surface area contributed by atoms with Crippen LogP contribution in [0.15, 0.2) is 18.2 Å². The average molecular weight is 239 g/mol. The van der Waals surface area contributed by atoms with Gasteiger partial charge in [0.15, 0.2) is 11.5 Å². The molecule has 0 saturated carbocycles. The van der Waals surface area contributed by atoms with Crippen LogP contribution < -0.4 is 15.2 Å². The lowest BCUT2D eigenvalue weighted by molar-refractivity contribution is 0.170. The Morgan fingerprint density at radius 1 is 1.12 bits per heavy atom. The number of rotatable bonds is 8. The number of hydrogen-bond donors (Lipinski definition) is 1.